The minimum absolute atomic E-state index is 0.0390. The van der Waals surface area contributed by atoms with Gasteiger partial charge in [-0.2, -0.15) is 0 Å². The Balaban J connectivity index is 1.69. The van der Waals surface area contributed by atoms with E-state index >= 15 is 0 Å². The number of ether oxygens (including phenoxy) is 1. The Labute approximate surface area is 155 Å². The van der Waals surface area contributed by atoms with Crippen LogP contribution in [0.15, 0.2) is 59.5 Å². The van der Waals surface area contributed by atoms with Crippen LogP contribution in [-0.4, -0.2) is 50.0 Å². The maximum atomic E-state index is 12.6. The SMILES string of the molecule is O=S(=O)(CCN(Cc1ccccc1O)CC1CCCO1)c1ccccc1. The van der Waals surface area contributed by atoms with E-state index in [0.29, 0.717) is 24.5 Å². The van der Waals surface area contributed by atoms with Gasteiger partial charge in [0.25, 0.3) is 0 Å². The third-order valence-electron chi connectivity index (χ3n) is 4.65. The Morgan fingerprint density at radius 2 is 1.81 bits per heavy atom. The summed E-state index contributed by atoms with van der Waals surface area (Å²) < 4.78 is 30.9. The van der Waals surface area contributed by atoms with Crippen molar-refractivity contribution in [2.45, 2.75) is 30.4 Å². The molecular weight excluding hydrogens is 350 g/mol. The molecule has 0 bridgehead atoms. The van der Waals surface area contributed by atoms with Gasteiger partial charge in [0.15, 0.2) is 9.84 Å². The first-order chi connectivity index (χ1) is 12.5. The number of phenols is 1. The van der Waals surface area contributed by atoms with Crippen molar-refractivity contribution in [3.63, 3.8) is 0 Å². The Kier molecular flexibility index (Phi) is 6.29. The standard InChI is InChI=1S/C20H25NO4S/c22-20-11-5-4-7-17(20)15-21(16-18-8-6-13-25-18)12-14-26(23,24)19-9-2-1-3-10-19/h1-5,7,9-11,18,22H,6,8,12-16H2. The summed E-state index contributed by atoms with van der Waals surface area (Å²) in [5, 5.41) is 10.1. The summed E-state index contributed by atoms with van der Waals surface area (Å²) in [4.78, 5) is 2.41. The van der Waals surface area contributed by atoms with E-state index in [0.717, 1.165) is 25.0 Å². The maximum Gasteiger partial charge on any atom is 0.179 e. The molecule has 0 radical (unpaired) electrons. The normalized spacial score (nSPS) is 17.7. The molecule has 0 aliphatic carbocycles. The molecule has 1 atom stereocenters. The van der Waals surface area contributed by atoms with Crippen molar-refractivity contribution >= 4 is 9.84 Å². The maximum absolute atomic E-state index is 12.6. The molecule has 0 aromatic heterocycles. The van der Waals surface area contributed by atoms with E-state index in [-0.39, 0.29) is 17.6 Å². The van der Waals surface area contributed by atoms with Crippen molar-refractivity contribution in [3.05, 3.63) is 60.2 Å². The molecule has 1 N–H and O–H groups in total. The highest BCUT2D eigenvalue weighted by molar-refractivity contribution is 7.91. The molecule has 0 amide bonds. The first kappa shape index (κ1) is 18.9. The van der Waals surface area contributed by atoms with E-state index in [9.17, 15) is 13.5 Å². The highest BCUT2D eigenvalue weighted by Gasteiger charge is 2.22. The number of benzene rings is 2. The molecule has 2 aromatic carbocycles. The van der Waals surface area contributed by atoms with Gasteiger partial charge in [-0.05, 0) is 31.0 Å². The largest absolute Gasteiger partial charge is 0.508 e. The van der Waals surface area contributed by atoms with Gasteiger partial charge in [0.05, 0.1) is 16.8 Å². The number of para-hydroxylation sites is 1. The lowest BCUT2D eigenvalue weighted by Gasteiger charge is -2.25. The average Bonchev–Trinajstić information content (AvgIpc) is 3.15. The molecule has 5 nitrogen and oxygen atoms in total. The Morgan fingerprint density at radius 3 is 2.50 bits per heavy atom. The molecule has 1 fully saturated rings. The summed E-state index contributed by atoms with van der Waals surface area (Å²) in [7, 11) is -3.34. The number of rotatable bonds is 8. The number of hydrogen-bond acceptors (Lipinski definition) is 5. The van der Waals surface area contributed by atoms with Crippen LogP contribution in [0.2, 0.25) is 0 Å². The second kappa shape index (κ2) is 8.66. The number of phenolic OH excluding ortho intramolecular Hbond substituents is 1. The number of nitrogens with zero attached hydrogens (tertiary/aromatic N) is 1. The van der Waals surface area contributed by atoms with E-state index < -0.39 is 9.84 Å². The molecule has 1 saturated heterocycles. The highest BCUT2D eigenvalue weighted by Crippen LogP contribution is 2.20. The van der Waals surface area contributed by atoms with Gasteiger partial charge in [-0.15, -0.1) is 0 Å². The van der Waals surface area contributed by atoms with E-state index in [1.54, 1.807) is 42.5 Å². The molecule has 1 aliphatic heterocycles. The smallest absolute Gasteiger partial charge is 0.179 e. The third kappa shape index (κ3) is 5.06. The van der Waals surface area contributed by atoms with Crippen LogP contribution < -0.4 is 0 Å². The van der Waals surface area contributed by atoms with Gasteiger partial charge < -0.3 is 9.84 Å². The molecule has 3 rings (SSSR count). The number of sulfone groups is 1. The quantitative estimate of drug-likeness (QED) is 0.768. The second-order valence-corrected chi connectivity index (χ2v) is 8.74. The highest BCUT2D eigenvalue weighted by atomic mass is 32.2. The Morgan fingerprint density at radius 1 is 1.08 bits per heavy atom. The zero-order chi connectivity index (χ0) is 18.4. The van der Waals surface area contributed by atoms with Crippen LogP contribution in [0.3, 0.4) is 0 Å². The second-order valence-electron chi connectivity index (χ2n) is 6.63. The molecule has 0 spiro atoms. The lowest BCUT2D eigenvalue weighted by atomic mass is 10.1. The lowest BCUT2D eigenvalue weighted by Crippen LogP contribution is -2.35. The number of aromatic hydroxyl groups is 1. The third-order valence-corrected chi connectivity index (χ3v) is 6.36. The molecule has 0 saturated carbocycles. The predicted molar refractivity (Wildman–Crippen MR) is 101 cm³/mol. The average molecular weight is 375 g/mol. The van der Waals surface area contributed by atoms with E-state index in [2.05, 4.69) is 4.90 Å². The molecule has 1 unspecified atom stereocenters. The zero-order valence-corrected chi connectivity index (χ0v) is 15.6. The van der Waals surface area contributed by atoms with Crippen molar-refractivity contribution in [2.24, 2.45) is 0 Å². The predicted octanol–water partition coefficient (Wildman–Crippen LogP) is 2.85. The van der Waals surface area contributed by atoms with Crippen LogP contribution in [0.25, 0.3) is 0 Å². The fourth-order valence-corrected chi connectivity index (χ4v) is 4.50. The first-order valence-corrected chi connectivity index (χ1v) is 10.6. The topological polar surface area (TPSA) is 66.8 Å². The van der Waals surface area contributed by atoms with Gasteiger partial charge in [-0.3, -0.25) is 4.90 Å². The first-order valence-electron chi connectivity index (χ1n) is 8.93. The van der Waals surface area contributed by atoms with Gasteiger partial charge in [0, 0.05) is 31.8 Å². The molecule has 140 valence electrons. The monoisotopic (exact) mass is 375 g/mol. The summed E-state index contributed by atoms with van der Waals surface area (Å²) in [6, 6.07) is 15.7. The van der Waals surface area contributed by atoms with Crippen molar-refractivity contribution in [3.8, 4) is 5.75 Å². The minimum atomic E-state index is -3.34. The summed E-state index contributed by atoms with van der Waals surface area (Å²) in [6.45, 7) is 2.32. The molecule has 6 heteroatoms. The lowest BCUT2D eigenvalue weighted by molar-refractivity contribution is 0.0724. The summed E-state index contributed by atoms with van der Waals surface area (Å²) in [5.74, 6) is 0.271. The van der Waals surface area contributed by atoms with Crippen LogP contribution in [0.4, 0.5) is 0 Å². The molecular formula is C20H25NO4S. The fraction of sp³-hybridized carbons (Fsp3) is 0.400. The fourth-order valence-electron chi connectivity index (χ4n) is 3.19. The van der Waals surface area contributed by atoms with Crippen molar-refractivity contribution < 1.29 is 18.3 Å². The minimum Gasteiger partial charge on any atom is -0.508 e. The summed E-state index contributed by atoms with van der Waals surface area (Å²) in [5.41, 5.74) is 0.794. The Bertz CT molecular complexity index is 802. The van der Waals surface area contributed by atoms with Crippen LogP contribution in [0, 0.1) is 0 Å². The summed E-state index contributed by atoms with van der Waals surface area (Å²) in [6.07, 6.45) is 2.15. The van der Waals surface area contributed by atoms with Crippen LogP contribution in [0.5, 0.6) is 5.75 Å². The van der Waals surface area contributed by atoms with Crippen LogP contribution >= 0.6 is 0 Å². The molecule has 1 heterocycles. The van der Waals surface area contributed by atoms with Crippen molar-refractivity contribution in [1.82, 2.24) is 4.90 Å². The summed E-state index contributed by atoms with van der Waals surface area (Å²) >= 11 is 0. The van der Waals surface area contributed by atoms with Gasteiger partial charge in [-0.25, -0.2) is 8.42 Å². The molecule has 26 heavy (non-hydrogen) atoms. The van der Waals surface area contributed by atoms with E-state index in [1.165, 1.54) is 0 Å². The molecule has 1 aliphatic rings. The van der Waals surface area contributed by atoms with Crippen LogP contribution in [-0.2, 0) is 21.1 Å². The number of hydrogen-bond donors (Lipinski definition) is 1. The van der Waals surface area contributed by atoms with Gasteiger partial charge in [0.1, 0.15) is 5.75 Å². The van der Waals surface area contributed by atoms with E-state index in [1.807, 2.05) is 12.1 Å². The van der Waals surface area contributed by atoms with Crippen molar-refractivity contribution in [1.29, 1.82) is 0 Å². The van der Waals surface area contributed by atoms with E-state index in [4.69, 9.17) is 4.74 Å². The van der Waals surface area contributed by atoms with Crippen molar-refractivity contribution in [2.75, 3.05) is 25.4 Å². The van der Waals surface area contributed by atoms with Gasteiger partial charge >= 0.3 is 0 Å². The van der Waals surface area contributed by atoms with Gasteiger partial charge in [-0.1, -0.05) is 36.4 Å². The van der Waals surface area contributed by atoms with Crippen LogP contribution in [0.1, 0.15) is 18.4 Å². The molecule has 2 aromatic rings. The zero-order valence-electron chi connectivity index (χ0n) is 14.8. The van der Waals surface area contributed by atoms with Gasteiger partial charge in [0.2, 0.25) is 0 Å². The Hall–Kier alpha value is -1.89.